The predicted octanol–water partition coefficient (Wildman–Crippen LogP) is 1.89. The first-order chi connectivity index (χ1) is 9.85. The summed E-state index contributed by atoms with van der Waals surface area (Å²) in [6, 6.07) is 2.04. The third-order valence-electron chi connectivity index (χ3n) is 3.63. The van der Waals surface area contributed by atoms with Crippen molar-refractivity contribution in [2.45, 2.75) is 45.5 Å². The van der Waals surface area contributed by atoms with Gasteiger partial charge in [0, 0.05) is 25.5 Å². The Morgan fingerprint density at radius 1 is 1.45 bits per heavy atom. The molecule has 0 amide bonds. The summed E-state index contributed by atoms with van der Waals surface area (Å²) in [5.41, 5.74) is 2.21. The van der Waals surface area contributed by atoms with Gasteiger partial charge in [0.15, 0.2) is 0 Å². The average molecular weight is 275 g/mol. The lowest BCUT2D eigenvalue weighted by Crippen LogP contribution is -2.15. The molecule has 1 unspecified atom stereocenters. The summed E-state index contributed by atoms with van der Waals surface area (Å²) < 4.78 is 9.57. The molecule has 20 heavy (non-hydrogen) atoms. The van der Waals surface area contributed by atoms with Crippen LogP contribution in [0, 0.1) is 0 Å². The zero-order valence-electron chi connectivity index (χ0n) is 11.8. The molecule has 1 fully saturated rings. The van der Waals surface area contributed by atoms with Crippen LogP contribution < -0.4 is 5.32 Å². The predicted molar refractivity (Wildman–Crippen MR) is 76.4 cm³/mol. The Morgan fingerprint density at radius 2 is 2.40 bits per heavy atom. The molecule has 0 aliphatic carbocycles. The first kappa shape index (κ1) is 13.2. The number of hydrogen-bond acceptors (Lipinski definition) is 4. The molecule has 3 rings (SSSR count). The summed E-state index contributed by atoms with van der Waals surface area (Å²) in [6.45, 7) is 5.48. The third-order valence-corrected chi connectivity index (χ3v) is 3.63. The quantitative estimate of drug-likeness (QED) is 0.874. The second kappa shape index (κ2) is 6.09. The molecular weight excluding hydrogens is 254 g/mol. The van der Waals surface area contributed by atoms with Crippen LogP contribution in [0.4, 0.5) is 5.69 Å². The van der Waals surface area contributed by atoms with Crippen molar-refractivity contribution in [2.75, 3.05) is 11.9 Å². The Balaban J connectivity index is 1.54. The third kappa shape index (κ3) is 3.01. The highest BCUT2D eigenvalue weighted by atomic mass is 16.5. The highest BCUT2D eigenvalue weighted by molar-refractivity contribution is 5.38. The minimum Gasteiger partial charge on any atom is -0.377 e. The van der Waals surface area contributed by atoms with Crippen molar-refractivity contribution in [3.05, 3.63) is 30.4 Å². The molecule has 3 heterocycles. The lowest BCUT2D eigenvalue weighted by molar-refractivity contribution is 0.0940. The summed E-state index contributed by atoms with van der Waals surface area (Å²) in [4.78, 5) is 0. The van der Waals surface area contributed by atoms with Crippen molar-refractivity contribution >= 4 is 5.69 Å². The van der Waals surface area contributed by atoms with E-state index in [1.165, 1.54) is 5.69 Å². The van der Waals surface area contributed by atoms with Gasteiger partial charge in [-0.1, -0.05) is 0 Å². The summed E-state index contributed by atoms with van der Waals surface area (Å²) in [6.07, 6.45) is 8.36. The second-order valence-corrected chi connectivity index (χ2v) is 5.08. The number of nitrogens with zero attached hydrogens (tertiary/aromatic N) is 4. The Hall–Kier alpha value is -1.82. The van der Waals surface area contributed by atoms with E-state index in [-0.39, 0.29) is 0 Å². The fraction of sp³-hybridized carbons (Fsp3) is 0.571. The number of aromatic nitrogens is 4. The van der Waals surface area contributed by atoms with E-state index in [0.29, 0.717) is 6.10 Å². The maximum atomic E-state index is 5.62. The molecule has 1 N–H and O–H groups in total. The van der Waals surface area contributed by atoms with Crippen LogP contribution in [0.5, 0.6) is 0 Å². The van der Waals surface area contributed by atoms with Gasteiger partial charge in [-0.25, -0.2) is 0 Å². The minimum atomic E-state index is 0.323. The molecule has 2 aromatic heterocycles. The van der Waals surface area contributed by atoms with Crippen molar-refractivity contribution in [2.24, 2.45) is 0 Å². The number of rotatable bonds is 6. The van der Waals surface area contributed by atoms with Gasteiger partial charge in [-0.05, 0) is 25.8 Å². The molecule has 6 heteroatoms. The van der Waals surface area contributed by atoms with Crippen LogP contribution in [0.1, 0.15) is 25.5 Å². The monoisotopic (exact) mass is 275 g/mol. The molecule has 108 valence electrons. The van der Waals surface area contributed by atoms with E-state index in [1.807, 2.05) is 34.0 Å². The Labute approximate surface area is 118 Å². The van der Waals surface area contributed by atoms with Crippen LogP contribution in [-0.4, -0.2) is 32.3 Å². The normalized spacial score (nSPS) is 18.6. The van der Waals surface area contributed by atoms with E-state index >= 15 is 0 Å². The standard InChI is InChI=1S/C14H21N5O/c1-2-19-13(5-6-16-19)9-15-12-8-17-18(10-12)11-14-4-3-7-20-14/h5-6,8,10,14-15H,2-4,7,9,11H2,1H3. The van der Waals surface area contributed by atoms with Crippen LogP contribution >= 0.6 is 0 Å². The fourth-order valence-corrected chi connectivity index (χ4v) is 2.54. The zero-order chi connectivity index (χ0) is 13.8. The van der Waals surface area contributed by atoms with Gasteiger partial charge in [0.1, 0.15) is 0 Å². The molecule has 1 aliphatic rings. The van der Waals surface area contributed by atoms with Gasteiger partial charge >= 0.3 is 0 Å². The van der Waals surface area contributed by atoms with E-state index in [0.717, 1.165) is 44.8 Å². The van der Waals surface area contributed by atoms with Crippen LogP contribution in [0.25, 0.3) is 0 Å². The van der Waals surface area contributed by atoms with Crippen LogP contribution in [0.3, 0.4) is 0 Å². The smallest absolute Gasteiger partial charge is 0.0771 e. The zero-order valence-corrected chi connectivity index (χ0v) is 11.8. The number of ether oxygens (including phenoxy) is 1. The summed E-state index contributed by atoms with van der Waals surface area (Å²) in [7, 11) is 0. The van der Waals surface area contributed by atoms with Crippen LogP contribution in [0.15, 0.2) is 24.7 Å². The SMILES string of the molecule is CCn1nccc1CNc1cnn(CC2CCCO2)c1. The largest absolute Gasteiger partial charge is 0.377 e. The van der Waals surface area contributed by atoms with Crippen molar-refractivity contribution in [1.82, 2.24) is 19.6 Å². The summed E-state index contributed by atoms with van der Waals surface area (Å²) in [5.74, 6) is 0. The van der Waals surface area contributed by atoms with Crippen LogP contribution in [-0.2, 0) is 24.4 Å². The first-order valence-electron chi connectivity index (χ1n) is 7.24. The number of hydrogen-bond donors (Lipinski definition) is 1. The maximum absolute atomic E-state index is 5.62. The Morgan fingerprint density at radius 3 is 3.20 bits per heavy atom. The topological polar surface area (TPSA) is 56.9 Å². The van der Waals surface area contributed by atoms with Gasteiger partial charge in [-0.3, -0.25) is 9.36 Å². The van der Waals surface area contributed by atoms with Gasteiger partial charge in [-0.2, -0.15) is 10.2 Å². The molecule has 0 radical (unpaired) electrons. The minimum absolute atomic E-state index is 0.323. The number of anilines is 1. The molecule has 1 aliphatic heterocycles. The lowest BCUT2D eigenvalue weighted by Gasteiger charge is -2.08. The van der Waals surface area contributed by atoms with E-state index < -0.39 is 0 Å². The van der Waals surface area contributed by atoms with Crippen LogP contribution in [0.2, 0.25) is 0 Å². The van der Waals surface area contributed by atoms with Crippen molar-refractivity contribution in [3.63, 3.8) is 0 Å². The van der Waals surface area contributed by atoms with Crippen molar-refractivity contribution < 1.29 is 4.74 Å². The van der Waals surface area contributed by atoms with Crippen molar-refractivity contribution in [1.29, 1.82) is 0 Å². The number of aryl methyl sites for hydroxylation is 1. The van der Waals surface area contributed by atoms with E-state index in [9.17, 15) is 0 Å². The second-order valence-electron chi connectivity index (χ2n) is 5.08. The molecule has 1 saturated heterocycles. The van der Waals surface area contributed by atoms with E-state index in [2.05, 4.69) is 22.4 Å². The molecule has 2 aromatic rings. The van der Waals surface area contributed by atoms with Gasteiger partial charge in [0.05, 0.1) is 36.8 Å². The maximum Gasteiger partial charge on any atom is 0.0771 e. The van der Waals surface area contributed by atoms with E-state index in [1.54, 1.807) is 0 Å². The molecule has 0 spiro atoms. The average Bonchev–Trinajstić information content (AvgIpc) is 3.18. The first-order valence-corrected chi connectivity index (χ1v) is 7.24. The number of nitrogens with one attached hydrogen (secondary N) is 1. The molecule has 0 aromatic carbocycles. The molecule has 6 nitrogen and oxygen atoms in total. The molecule has 1 atom stereocenters. The summed E-state index contributed by atoms with van der Waals surface area (Å²) in [5, 5.41) is 12.0. The Bertz CT molecular complexity index is 541. The van der Waals surface area contributed by atoms with Gasteiger partial charge in [-0.15, -0.1) is 0 Å². The van der Waals surface area contributed by atoms with Gasteiger partial charge < -0.3 is 10.1 Å². The van der Waals surface area contributed by atoms with E-state index in [4.69, 9.17) is 4.74 Å². The highest BCUT2D eigenvalue weighted by Crippen LogP contribution is 2.15. The molecular formula is C14H21N5O. The summed E-state index contributed by atoms with van der Waals surface area (Å²) >= 11 is 0. The Kier molecular flexibility index (Phi) is 4.01. The fourth-order valence-electron chi connectivity index (χ4n) is 2.54. The molecule has 0 saturated carbocycles. The van der Waals surface area contributed by atoms with Crippen molar-refractivity contribution in [3.8, 4) is 0 Å². The van der Waals surface area contributed by atoms with Gasteiger partial charge in [0.25, 0.3) is 0 Å². The van der Waals surface area contributed by atoms with Gasteiger partial charge in [0.2, 0.25) is 0 Å². The lowest BCUT2D eigenvalue weighted by atomic mass is 10.2. The highest BCUT2D eigenvalue weighted by Gasteiger charge is 2.16. The molecule has 0 bridgehead atoms.